The predicted molar refractivity (Wildman–Crippen MR) is 82.3 cm³/mol. The number of nitrogens with zero attached hydrogens (tertiary/aromatic N) is 1. The van der Waals surface area contributed by atoms with Crippen molar-refractivity contribution < 1.29 is 12.8 Å². The molecular formula is C14H13N3O3S. The zero-order chi connectivity index (χ0) is 15.0. The maximum Gasteiger partial charge on any atom is 0.229 e. The summed E-state index contributed by atoms with van der Waals surface area (Å²) >= 11 is 0. The van der Waals surface area contributed by atoms with Gasteiger partial charge in [0.2, 0.25) is 15.9 Å². The quantitative estimate of drug-likeness (QED) is 0.724. The molecule has 0 fully saturated rings. The molecule has 0 atom stereocenters. The van der Waals surface area contributed by atoms with Gasteiger partial charge in [-0.2, -0.15) is 0 Å². The van der Waals surface area contributed by atoms with Crippen LogP contribution >= 0.6 is 0 Å². The molecule has 0 aliphatic carbocycles. The van der Waals surface area contributed by atoms with Gasteiger partial charge in [-0.25, -0.2) is 13.4 Å². The lowest BCUT2D eigenvalue weighted by Crippen LogP contribution is -2.10. The molecule has 0 amide bonds. The van der Waals surface area contributed by atoms with Crippen molar-refractivity contribution in [3.05, 3.63) is 42.5 Å². The summed E-state index contributed by atoms with van der Waals surface area (Å²) in [6.45, 7) is 0. The van der Waals surface area contributed by atoms with Crippen molar-refractivity contribution in [3.8, 4) is 11.5 Å². The third-order valence-electron chi connectivity index (χ3n) is 2.86. The van der Waals surface area contributed by atoms with Gasteiger partial charge in [-0.1, -0.05) is 12.1 Å². The van der Waals surface area contributed by atoms with Crippen LogP contribution < -0.4 is 10.5 Å². The molecule has 2 aromatic carbocycles. The zero-order valence-corrected chi connectivity index (χ0v) is 12.0. The predicted octanol–water partition coefficient (Wildman–Crippen LogP) is 2.45. The molecule has 0 aliphatic rings. The summed E-state index contributed by atoms with van der Waals surface area (Å²) in [7, 11) is -3.38. The van der Waals surface area contributed by atoms with Crippen LogP contribution in [0.5, 0.6) is 0 Å². The second-order valence-corrected chi connectivity index (χ2v) is 6.41. The van der Waals surface area contributed by atoms with Gasteiger partial charge in [0, 0.05) is 5.69 Å². The van der Waals surface area contributed by atoms with Crippen LogP contribution in [0.2, 0.25) is 0 Å². The topological polar surface area (TPSA) is 98.2 Å². The first kappa shape index (κ1) is 13.4. The first-order valence-corrected chi connectivity index (χ1v) is 8.05. The third-order valence-corrected chi connectivity index (χ3v) is 3.46. The van der Waals surface area contributed by atoms with Gasteiger partial charge >= 0.3 is 0 Å². The van der Waals surface area contributed by atoms with E-state index in [1.807, 2.05) is 0 Å². The molecule has 0 saturated heterocycles. The Hall–Kier alpha value is -2.54. The average molecular weight is 303 g/mol. The summed E-state index contributed by atoms with van der Waals surface area (Å²) < 4.78 is 31.0. The lowest BCUT2D eigenvalue weighted by Gasteiger charge is -2.07. The normalized spacial score (nSPS) is 11.7. The number of rotatable bonds is 3. The molecule has 6 nitrogen and oxygen atoms in total. The van der Waals surface area contributed by atoms with Gasteiger partial charge in [0.1, 0.15) is 5.52 Å². The van der Waals surface area contributed by atoms with Crippen LogP contribution in [0, 0.1) is 0 Å². The fraction of sp³-hybridized carbons (Fsp3) is 0.0714. The van der Waals surface area contributed by atoms with Crippen LogP contribution in [-0.2, 0) is 10.0 Å². The Kier molecular flexibility index (Phi) is 3.06. The summed E-state index contributed by atoms with van der Waals surface area (Å²) in [4.78, 5) is 4.35. The minimum Gasteiger partial charge on any atom is -0.436 e. The summed E-state index contributed by atoms with van der Waals surface area (Å²) in [5.41, 5.74) is 8.50. The number of aromatic nitrogens is 1. The largest absolute Gasteiger partial charge is 0.436 e. The smallest absolute Gasteiger partial charge is 0.229 e. The number of benzene rings is 2. The maximum atomic E-state index is 11.4. The van der Waals surface area contributed by atoms with E-state index in [1.54, 1.807) is 42.5 Å². The van der Waals surface area contributed by atoms with Crippen molar-refractivity contribution in [2.24, 2.45) is 0 Å². The highest BCUT2D eigenvalue weighted by Gasteiger charge is 2.14. The van der Waals surface area contributed by atoms with E-state index in [1.165, 1.54) is 0 Å². The van der Waals surface area contributed by atoms with E-state index in [-0.39, 0.29) is 0 Å². The second kappa shape index (κ2) is 4.78. The molecule has 0 aliphatic heterocycles. The van der Waals surface area contributed by atoms with Gasteiger partial charge in [0.15, 0.2) is 5.58 Å². The van der Waals surface area contributed by atoms with E-state index in [0.29, 0.717) is 33.9 Å². The van der Waals surface area contributed by atoms with Crippen LogP contribution in [0.3, 0.4) is 0 Å². The molecule has 0 spiro atoms. The molecule has 108 valence electrons. The van der Waals surface area contributed by atoms with Crippen molar-refractivity contribution in [1.29, 1.82) is 0 Å². The Morgan fingerprint density at radius 1 is 1.19 bits per heavy atom. The van der Waals surface area contributed by atoms with E-state index in [9.17, 15) is 8.42 Å². The molecule has 0 unspecified atom stereocenters. The van der Waals surface area contributed by atoms with Crippen LogP contribution in [0.15, 0.2) is 46.9 Å². The lowest BCUT2D eigenvalue weighted by atomic mass is 10.2. The number of nitrogens with one attached hydrogen (secondary N) is 1. The first-order chi connectivity index (χ1) is 9.92. The molecule has 0 radical (unpaired) electrons. The maximum absolute atomic E-state index is 11.4. The molecule has 3 aromatic rings. The van der Waals surface area contributed by atoms with Crippen molar-refractivity contribution >= 4 is 32.5 Å². The van der Waals surface area contributed by atoms with Gasteiger partial charge in [0.25, 0.3) is 0 Å². The summed E-state index contributed by atoms with van der Waals surface area (Å²) in [5, 5.41) is 0. The number of nitrogen functional groups attached to an aromatic ring is 1. The monoisotopic (exact) mass is 303 g/mol. The standard InChI is InChI=1S/C14H13N3O3S/c1-21(18,19)17-11-5-3-2-4-10(11)14-16-12-8-9(15)6-7-13(12)20-14/h2-8,17H,15H2,1H3. The molecule has 3 N–H and O–H groups in total. The lowest BCUT2D eigenvalue weighted by molar-refractivity contribution is 0.606. The molecule has 1 heterocycles. The number of para-hydroxylation sites is 1. The molecule has 0 bridgehead atoms. The summed E-state index contributed by atoms with van der Waals surface area (Å²) in [6.07, 6.45) is 1.09. The fourth-order valence-electron chi connectivity index (χ4n) is 2.02. The van der Waals surface area contributed by atoms with Crippen LogP contribution in [0.25, 0.3) is 22.6 Å². The molecule has 3 rings (SSSR count). The van der Waals surface area contributed by atoms with E-state index in [0.717, 1.165) is 6.26 Å². The number of sulfonamides is 1. The zero-order valence-electron chi connectivity index (χ0n) is 11.2. The molecule has 0 saturated carbocycles. The molecule has 1 aromatic heterocycles. The summed E-state index contributed by atoms with van der Waals surface area (Å²) in [6, 6.07) is 12.1. The van der Waals surface area contributed by atoms with E-state index in [2.05, 4.69) is 9.71 Å². The summed E-state index contributed by atoms with van der Waals surface area (Å²) in [5.74, 6) is 0.336. The minimum absolute atomic E-state index is 0.336. The van der Waals surface area contributed by atoms with Crippen LogP contribution in [-0.4, -0.2) is 19.7 Å². The second-order valence-electron chi connectivity index (χ2n) is 4.67. The van der Waals surface area contributed by atoms with Crippen LogP contribution in [0.4, 0.5) is 11.4 Å². The van der Waals surface area contributed by atoms with Crippen molar-refractivity contribution in [2.45, 2.75) is 0 Å². The number of hydrogen-bond donors (Lipinski definition) is 2. The molecule has 21 heavy (non-hydrogen) atoms. The van der Waals surface area contributed by atoms with Gasteiger partial charge in [-0.3, -0.25) is 4.72 Å². The highest BCUT2D eigenvalue weighted by Crippen LogP contribution is 2.31. The first-order valence-electron chi connectivity index (χ1n) is 6.16. The number of oxazole rings is 1. The van der Waals surface area contributed by atoms with Crippen LogP contribution in [0.1, 0.15) is 0 Å². The highest BCUT2D eigenvalue weighted by molar-refractivity contribution is 7.92. The van der Waals surface area contributed by atoms with E-state index < -0.39 is 10.0 Å². The highest BCUT2D eigenvalue weighted by atomic mass is 32.2. The fourth-order valence-corrected chi connectivity index (χ4v) is 2.60. The number of fused-ring (bicyclic) bond motifs is 1. The van der Waals surface area contributed by atoms with E-state index in [4.69, 9.17) is 10.2 Å². The van der Waals surface area contributed by atoms with E-state index >= 15 is 0 Å². The Morgan fingerprint density at radius 3 is 2.71 bits per heavy atom. The Labute approximate surface area is 121 Å². The van der Waals surface area contributed by atoms with Crippen molar-refractivity contribution in [2.75, 3.05) is 16.7 Å². The van der Waals surface area contributed by atoms with Gasteiger partial charge in [0.05, 0.1) is 17.5 Å². The van der Waals surface area contributed by atoms with Gasteiger partial charge in [-0.15, -0.1) is 0 Å². The van der Waals surface area contributed by atoms with Crippen molar-refractivity contribution in [3.63, 3.8) is 0 Å². The third kappa shape index (κ3) is 2.82. The number of anilines is 2. The number of nitrogens with two attached hydrogens (primary N) is 1. The molecular weight excluding hydrogens is 290 g/mol. The molecule has 7 heteroatoms. The van der Waals surface area contributed by atoms with Gasteiger partial charge < -0.3 is 10.2 Å². The minimum atomic E-state index is -3.38. The Morgan fingerprint density at radius 2 is 1.95 bits per heavy atom. The number of hydrogen-bond acceptors (Lipinski definition) is 5. The Balaban J connectivity index is 2.14. The van der Waals surface area contributed by atoms with Gasteiger partial charge in [-0.05, 0) is 30.3 Å². The van der Waals surface area contributed by atoms with Crippen molar-refractivity contribution in [1.82, 2.24) is 4.98 Å². The average Bonchev–Trinajstić information content (AvgIpc) is 2.80. The SMILES string of the molecule is CS(=O)(=O)Nc1ccccc1-c1nc2cc(N)ccc2o1. The Bertz CT molecular complexity index is 916.